The summed E-state index contributed by atoms with van der Waals surface area (Å²) in [6.07, 6.45) is 6.79. The highest BCUT2D eigenvalue weighted by atomic mass is 32.2. The first kappa shape index (κ1) is 15.9. The minimum Gasteiger partial charge on any atom is -0.266 e. The summed E-state index contributed by atoms with van der Waals surface area (Å²) >= 11 is 0. The predicted octanol–water partition coefficient (Wildman–Crippen LogP) is 4.01. The van der Waals surface area contributed by atoms with Gasteiger partial charge in [-0.2, -0.15) is 8.42 Å². The molecule has 0 spiro atoms. The van der Waals surface area contributed by atoms with Crippen LogP contribution in [0.25, 0.3) is 6.08 Å². The summed E-state index contributed by atoms with van der Waals surface area (Å²) in [5.74, 6) is 0. The van der Waals surface area contributed by atoms with E-state index in [0.29, 0.717) is 5.56 Å². The molecule has 4 heteroatoms. The molecule has 3 nitrogen and oxygen atoms in total. The van der Waals surface area contributed by atoms with Crippen molar-refractivity contribution in [2.75, 3.05) is 6.61 Å². The lowest BCUT2D eigenvalue weighted by molar-refractivity contribution is 0.306. The number of hydrogen-bond acceptors (Lipinski definition) is 3. The molecule has 0 aliphatic heterocycles. The molecular weight excluding hydrogens is 260 g/mol. The van der Waals surface area contributed by atoms with Crippen LogP contribution in [-0.2, 0) is 14.3 Å². The summed E-state index contributed by atoms with van der Waals surface area (Å²) in [6, 6.07) is 6.72. The van der Waals surface area contributed by atoms with Crippen LogP contribution in [0.1, 0.15) is 44.6 Å². The van der Waals surface area contributed by atoms with E-state index < -0.39 is 10.1 Å². The monoisotopic (exact) mass is 282 g/mol. The molecule has 0 unspecified atom stereocenters. The number of benzene rings is 1. The van der Waals surface area contributed by atoms with Crippen molar-refractivity contribution in [1.82, 2.24) is 0 Å². The van der Waals surface area contributed by atoms with Gasteiger partial charge in [0.25, 0.3) is 10.1 Å². The van der Waals surface area contributed by atoms with Crippen LogP contribution in [0.3, 0.4) is 0 Å². The van der Waals surface area contributed by atoms with Gasteiger partial charge in [-0.25, -0.2) is 0 Å². The molecule has 106 valence electrons. The molecule has 19 heavy (non-hydrogen) atoms. The van der Waals surface area contributed by atoms with Crippen LogP contribution in [0, 0.1) is 0 Å². The van der Waals surface area contributed by atoms with Gasteiger partial charge in [0, 0.05) is 0 Å². The Morgan fingerprint density at radius 2 is 1.84 bits per heavy atom. The maximum absolute atomic E-state index is 12.0. The first-order valence-electron chi connectivity index (χ1n) is 6.72. The third-order valence-corrected chi connectivity index (χ3v) is 4.28. The van der Waals surface area contributed by atoms with Gasteiger partial charge >= 0.3 is 0 Å². The number of unbranched alkanes of at least 4 members (excludes halogenated alkanes) is 4. The van der Waals surface area contributed by atoms with Crippen LogP contribution in [0.5, 0.6) is 0 Å². The van der Waals surface area contributed by atoms with E-state index in [1.165, 1.54) is 18.9 Å². The lowest BCUT2D eigenvalue weighted by Crippen LogP contribution is -2.09. The van der Waals surface area contributed by atoms with Crippen molar-refractivity contribution in [1.29, 1.82) is 0 Å². The van der Waals surface area contributed by atoms with Crippen LogP contribution in [-0.4, -0.2) is 15.0 Å². The molecule has 0 heterocycles. The third kappa shape index (κ3) is 5.17. The van der Waals surface area contributed by atoms with Crippen molar-refractivity contribution < 1.29 is 12.6 Å². The zero-order chi connectivity index (χ0) is 14.1. The fraction of sp³-hybridized carbons (Fsp3) is 0.467. The fourth-order valence-electron chi connectivity index (χ4n) is 1.81. The summed E-state index contributed by atoms with van der Waals surface area (Å²) in [4.78, 5) is 0.193. The van der Waals surface area contributed by atoms with Gasteiger partial charge in [-0.15, -0.1) is 0 Å². The lowest BCUT2D eigenvalue weighted by atomic mass is 10.2. The molecule has 0 aliphatic carbocycles. The number of rotatable bonds is 9. The van der Waals surface area contributed by atoms with E-state index in [1.807, 2.05) is 0 Å². The molecule has 0 bridgehead atoms. The van der Waals surface area contributed by atoms with Crippen molar-refractivity contribution >= 4 is 16.2 Å². The summed E-state index contributed by atoms with van der Waals surface area (Å²) in [6.45, 7) is 6.01. The van der Waals surface area contributed by atoms with E-state index in [2.05, 4.69) is 13.5 Å². The zero-order valence-electron chi connectivity index (χ0n) is 11.5. The maximum atomic E-state index is 12.0. The Kier molecular flexibility index (Phi) is 6.81. The summed E-state index contributed by atoms with van der Waals surface area (Å²) in [7, 11) is -3.67. The molecule has 1 aromatic carbocycles. The van der Waals surface area contributed by atoms with Crippen LogP contribution in [0.4, 0.5) is 0 Å². The van der Waals surface area contributed by atoms with Gasteiger partial charge in [-0.1, -0.05) is 63.5 Å². The Morgan fingerprint density at radius 3 is 2.53 bits per heavy atom. The quantitative estimate of drug-likeness (QED) is 0.508. The van der Waals surface area contributed by atoms with E-state index in [1.54, 1.807) is 24.3 Å². The molecule has 0 aliphatic rings. The van der Waals surface area contributed by atoms with E-state index >= 15 is 0 Å². The second-order valence-electron chi connectivity index (χ2n) is 4.43. The van der Waals surface area contributed by atoms with E-state index in [4.69, 9.17) is 4.18 Å². The Hall–Kier alpha value is -1.13. The Labute approximate surface area is 116 Å². The third-order valence-electron chi connectivity index (χ3n) is 2.89. The van der Waals surface area contributed by atoms with Crippen molar-refractivity contribution in [3.8, 4) is 0 Å². The minimum atomic E-state index is -3.67. The van der Waals surface area contributed by atoms with Crippen molar-refractivity contribution in [3.63, 3.8) is 0 Å². The average molecular weight is 282 g/mol. The van der Waals surface area contributed by atoms with Gasteiger partial charge in [0.2, 0.25) is 0 Å². The second-order valence-corrected chi connectivity index (χ2v) is 6.02. The van der Waals surface area contributed by atoms with Gasteiger partial charge in [-0.05, 0) is 18.1 Å². The molecule has 0 N–H and O–H groups in total. The van der Waals surface area contributed by atoms with Gasteiger partial charge < -0.3 is 0 Å². The largest absolute Gasteiger partial charge is 0.297 e. The predicted molar refractivity (Wildman–Crippen MR) is 78.4 cm³/mol. The summed E-state index contributed by atoms with van der Waals surface area (Å²) in [5, 5.41) is 0. The first-order valence-corrected chi connectivity index (χ1v) is 8.13. The van der Waals surface area contributed by atoms with Crippen LogP contribution in [0.2, 0.25) is 0 Å². The van der Waals surface area contributed by atoms with E-state index in [9.17, 15) is 8.42 Å². The first-order chi connectivity index (χ1) is 9.11. The minimum absolute atomic E-state index is 0.193. The molecule has 0 atom stereocenters. The van der Waals surface area contributed by atoms with E-state index in [0.717, 1.165) is 19.3 Å². The fourth-order valence-corrected chi connectivity index (χ4v) is 2.96. The molecule has 0 saturated carbocycles. The zero-order valence-corrected chi connectivity index (χ0v) is 12.3. The van der Waals surface area contributed by atoms with Gasteiger partial charge in [0.05, 0.1) is 6.61 Å². The van der Waals surface area contributed by atoms with E-state index in [-0.39, 0.29) is 11.5 Å². The van der Waals surface area contributed by atoms with Crippen LogP contribution < -0.4 is 0 Å². The van der Waals surface area contributed by atoms with Crippen LogP contribution >= 0.6 is 0 Å². The van der Waals surface area contributed by atoms with Gasteiger partial charge in [-0.3, -0.25) is 4.18 Å². The maximum Gasteiger partial charge on any atom is 0.297 e. The topological polar surface area (TPSA) is 43.4 Å². The SMILES string of the molecule is C=Cc1ccccc1S(=O)(=O)OCCCCCCC. The molecule has 0 aromatic heterocycles. The molecule has 1 aromatic rings. The van der Waals surface area contributed by atoms with Gasteiger partial charge in [0.15, 0.2) is 0 Å². The van der Waals surface area contributed by atoms with Crippen molar-refractivity contribution in [2.24, 2.45) is 0 Å². The molecular formula is C15H22O3S. The van der Waals surface area contributed by atoms with Gasteiger partial charge in [0.1, 0.15) is 4.90 Å². The smallest absolute Gasteiger partial charge is 0.266 e. The number of hydrogen-bond donors (Lipinski definition) is 0. The molecule has 0 radical (unpaired) electrons. The highest BCUT2D eigenvalue weighted by Crippen LogP contribution is 2.19. The Bertz CT molecular complexity index is 492. The summed E-state index contributed by atoms with van der Waals surface area (Å²) < 4.78 is 29.1. The highest BCUT2D eigenvalue weighted by Gasteiger charge is 2.17. The molecule has 0 fully saturated rings. The highest BCUT2D eigenvalue weighted by molar-refractivity contribution is 7.86. The second kappa shape index (κ2) is 8.12. The molecule has 0 saturated heterocycles. The van der Waals surface area contributed by atoms with Crippen molar-refractivity contribution in [2.45, 2.75) is 43.9 Å². The Morgan fingerprint density at radius 1 is 1.16 bits per heavy atom. The molecule has 1 rings (SSSR count). The normalized spacial score (nSPS) is 11.4. The standard InChI is InChI=1S/C15H22O3S/c1-3-5-6-7-10-13-18-19(16,17)15-12-9-8-11-14(15)4-2/h4,8-9,11-12H,2-3,5-7,10,13H2,1H3. The molecule has 0 amide bonds. The lowest BCUT2D eigenvalue weighted by Gasteiger charge is -2.08. The average Bonchev–Trinajstić information content (AvgIpc) is 2.42. The summed E-state index contributed by atoms with van der Waals surface area (Å²) in [5.41, 5.74) is 0.577. The Balaban J connectivity index is 2.54. The van der Waals surface area contributed by atoms with Crippen LogP contribution in [0.15, 0.2) is 35.7 Å². The van der Waals surface area contributed by atoms with Crippen molar-refractivity contribution in [3.05, 3.63) is 36.4 Å².